The largest absolute Gasteiger partial charge is 0.369 e. The van der Waals surface area contributed by atoms with Gasteiger partial charge in [0.05, 0.1) is 0 Å². The first-order chi connectivity index (χ1) is 15.6. The summed E-state index contributed by atoms with van der Waals surface area (Å²) in [4.78, 5) is 30.8. The average Bonchev–Trinajstić information content (AvgIpc) is 3.23. The Morgan fingerprint density at radius 1 is 0.969 bits per heavy atom. The minimum Gasteiger partial charge on any atom is -0.369 e. The molecule has 0 bridgehead atoms. The Bertz CT molecular complexity index is 894. The van der Waals surface area contributed by atoms with E-state index in [1.807, 2.05) is 35.2 Å². The zero-order chi connectivity index (χ0) is 22.3. The summed E-state index contributed by atoms with van der Waals surface area (Å²) >= 11 is 0. The number of nitrogens with zero attached hydrogens (tertiary/aromatic N) is 3. The lowest BCUT2D eigenvalue weighted by atomic mass is 10.2. The van der Waals surface area contributed by atoms with Crippen molar-refractivity contribution in [2.24, 2.45) is 0 Å². The van der Waals surface area contributed by atoms with Gasteiger partial charge < -0.3 is 20.4 Å². The zero-order valence-corrected chi connectivity index (χ0v) is 18.8. The fraction of sp³-hybridized carbons (Fsp3) is 0.440. The number of hydrogen-bond acceptors (Lipinski definition) is 4. The van der Waals surface area contributed by atoms with Crippen LogP contribution in [0.2, 0.25) is 0 Å². The van der Waals surface area contributed by atoms with Crippen LogP contribution in [0.1, 0.15) is 25.3 Å². The van der Waals surface area contributed by atoms with Gasteiger partial charge >= 0.3 is 6.03 Å². The molecule has 1 unspecified atom stereocenters. The summed E-state index contributed by atoms with van der Waals surface area (Å²) in [5, 5.41) is 5.89. The molecule has 0 saturated carbocycles. The first-order valence-corrected chi connectivity index (χ1v) is 11.5. The van der Waals surface area contributed by atoms with E-state index < -0.39 is 0 Å². The van der Waals surface area contributed by atoms with Gasteiger partial charge in [-0.15, -0.1) is 0 Å². The summed E-state index contributed by atoms with van der Waals surface area (Å²) in [6.45, 7) is 8.20. The first-order valence-electron chi connectivity index (χ1n) is 11.5. The van der Waals surface area contributed by atoms with Gasteiger partial charge in [-0.25, -0.2) is 4.79 Å². The maximum Gasteiger partial charge on any atom is 0.319 e. The molecule has 0 radical (unpaired) electrons. The molecule has 2 N–H and O–H groups in total. The van der Waals surface area contributed by atoms with E-state index >= 15 is 0 Å². The molecule has 2 aliphatic heterocycles. The topological polar surface area (TPSA) is 67.9 Å². The molecule has 7 nitrogen and oxygen atoms in total. The Balaban J connectivity index is 1.17. The lowest BCUT2D eigenvalue weighted by molar-refractivity contribution is -0.128. The minimum absolute atomic E-state index is 0.192. The van der Waals surface area contributed by atoms with Crippen molar-refractivity contribution >= 4 is 23.3 Å². The van der Waals surface area contributed by atoms with Crippen LogP contribution in [0.4, 0.5) is 16.2 Å². The predicted octanol–water partition coefficient (Wildman–Crippen LogP) is 3.14. The number of carbonyl (C=O) groups excluding carboxylic acids is 2. The monoisotopic (exact) mass is 435 g/mol. The Labute approximate surface area is 190 Å². The fourth-order valence-corrected chi connectivity index (χ4v) is 4.39. The summed E-state index contributed by atoms with van der Waals surface area (Å²) in [6, 6.07) is 18.3. The Hall–Kier alpha value is -3.06. The van der Waals surface area contributed by atoms with E-state index in [9.17, 15) is 9.59 Å². The van der Waals surface area contributed by atoms with Crippen LogP contribution in [0.3, 0.4) is 0 Å². The van der Waals surface area contributed by atoms with Gasteiger partial charge in [0.15, 0.2) is 0 Å². The molecule has 0 aromatic heterocycles. The van der Waals surface area contributed by atoms with Crippen LogP contribution >= 0.6 is 0 Å². The maximum absolute atomic E-state index is 12.3. The number of amides is 3. The molecule has 2 aromatic rings. The van der Waals surface area contributed by atoms with E-state index in [2.05, 4.69) is 51.6 Å². The predicted molar refractivity (Wildman–Crippen MR) is 128 cm³/mol. The van der Waals surface area contributed by atoms with Crippen LogP contribution in [0.5, 0.6) is 0 Å². The summed E-state index contributed by atoms with van der Waals surface area (Å²) in [5.74, 6) is 0.224. The molecule has 2 heterocycles. The zero-order valence-electron chi connectivity index (χ0n) is 18.8. The number of urea groups is 1. The summed E-state index contributed by atoms with van der Waals surface area (Å²) in [7, 11) is 0. The van der Waals surface area contributed by atoms with Gasteiger partial charge in [0.2, 0.25) is 5.91 Å². The second kappa shape index (κ2) is 10.5. The van der Waals surface area contributed by atoms with Crippen molar-refractivity contribution in [3.8, 4) is 0 Å². The van der Waals surface area contributed by atoms with Gasteiger partial charge in [-0.2, -0.15) is 0 Å². The van der Waals surface area contributed by atoms with Crippen LogP contribution in [0.25, 0.3) is 0 Å². The van der Waals surface area contributed by atoms with Crippen molar-refractivity contribution in [2.75, 3.05) is 49.5 Å². The van der Waals surface area contributed by atoms with Crippen LogP contribution < -0.4 is 15.5 Å². The molecule has 1 atom stereocenters. The number of piperazine rings is 1. The third kappa shape index (κ3) is 5.79. The fourth-order valence-electron chi connectivity index (χ4n) is 4.39. The minimum atomic E-state index is -0.192. The van der Waals surface area contributed by atoms with Crippen molar-refractivity contribution in [3.05, 3.63) is 60.2 Å². The average molecular weight is 436 g/mol. The van der Waals surface area contributed by atoms with Crippen LogP contribution in [0, 0.1) is 0 Å². The van der Waals surface area contributed by atoms with Crippen molar-refractivity contribution in [1.29, 1.82) is 0 Å². The van der Waals surface area contributed by atoms with Gasteiger partial charge in [0.1, 0.15) is 0 Å². The van der Waals surface area contributed by atoms with Crippen molar-refractivity contribution in [3.63, 3.8) is 0 Å². The SMILES string of the molecule is CC(CNC(=O)Nc1ccc(CN2CCCC2=O)cc1)N1CCN(c2ccccc2)CC1. The molecular weight excluding hydrogens is 402 g/mol. The smallest absolute Gasteiger partial charge is 0.319 e. The second-order valence-corrected chi connectivity index (χ2v) is 8.66. The highest BCUT2D eigenvalue weighted by atomic mass is 16.2. The van der Waals surface area contributed by atoms with Gasteiger partial charge in [0.25, 0.3) is 0 Å². The summed E-state index contributed by atoms with van der Waals surface area (Å²) in [5.41, 5.74) is 3.10. The van der Waals surface area contributed by atoms with Gasteiger partial charge in [-0.1, -0.05) is 30.3 Å². The number of carbonyl (C=O) groups is 2. The molecule has 2 aliphatic rings. The van der Waals surface area contributed by atoms with E-state index in [4.69, 9.17) is 0 Å². The molecule has 0 aliphatic carbocycles. The van der Waals surface area contributed by atoms with E-state index in [0.29, 0.717) is 19.5 Å². The Morgan fingerprint density at radius 2 is 1.69 bits per heavy atom. The van der Waals surface area contributed by atoms with E-state index in [-0.39, 0.29) is 18.0 Å². The van der Waals surface area contributed by atoms with Crippen molar-refractivity contribution < 1.29 is 9.59 Å². The molecular formula is C25H33N5O2. The summed E-state index contributed by atoms with van der Waals surface area (Å²) in [6.07, 6.45) is 1.60. The maximum atomic E-state index is 12.3. The number of anilines is 2. The van der Waals surface area contributed by atoms with Gasteiger partial charge in [0, 0.05) is 69.7 Å². The molecule has 3 amide bonds. The quantitative estimate of drug-likeness (QED) is 0.701. The highest BCUT2D eigenvalue weighted by molar-refractivity contribution is 5.89. The number of benzene rings is 2. The van der Waals surface area contributed by atoms with E-state index in [1.165, 1.54) is 5.69 Å². The Morgan fingerprint density at radius 3 is 2.34 bits per heavy atom. The number of para-hydroxylation sites is 1. The third-order valence-electron chi connectivity index (χ3n) is 6.37. The lowest BCUT2D eigenvalue weighted by Crippen LogP contribution is -2.52. The van der Waals surface area contributed by atoms with Crippen molar-refractivity contribution in [2.45, 2.75) is 32.4 Å². The lowest BCUT2D eigenvalue weighted by Gasteiger charge is -2.39. The number of likely N-dealkylation sites (tertiary alicyclic amines) is 1. The number of hydrogen-bond donors (Lipinski definition) is 2. The van der Waals surface area contributed by atoms with E-state index in [0.717, 1.165) is 50.4 Å². The molecule has 4 rings (SSSR count). The normalized spacial score (nSPS) is 18.0. The Kier molecular flexibility index (Phi) is 7.27. The third-order valence-corrected chi connectivity index (χ3v) is 6.37. The molecule has 7 heteroatoms. The van der Waals surface area contributed by atoms with Crippen LogP contribution in [0.15, 0.2) is 54.6 Å². The molecule has 2 fully saturated rings. The number of nitrogens with one attached hydrogen (secondary N) is 2. The molecule has 170 valence electrons. The van der Waals surface area contributed by atoms with Crippen molar-refractivity contribution in [1.82, 2.24) is 15.1 Å². The standard InChI is InChI=1S/C25H33N5O2/c1-20(28-14-16-29(17-15-28)23-6-3-2-4-7-23)18-26-25(32)27-22-11-9-21(10-12-22)19-30-13-5-8-24(30)31/h2-4,6-7,9-12,20H,5,8,13-19H2,1H3,(H2,26,27,32). The van der Waals surface area contributed by atoms with Gasteiger partial charge in [-0.3, -0.25) is 9.69 Å². The molecule has 0 spiro atoms. The molecule has 2 aromatic carbocycles. The van der Waals surface area contributed by atoms with E-state index in [1.54, 1.807) is 0 Å². The van der Waals surface area contributed by atoms with Crippen LogP contribution in [-0.2, 0) is 11.3 Å². The highest BCUT2D eigenvalue weighted by Gasteiger charge is 2.22. The van der Waals surface area contributed by atoms with Crippen LogP contribution in [-0.4, -0.2) is 67.0 Å². The summed E-state index contributed by atoms with van der Waals surface area (Å²) < 4.78 is 0. The molecule has 32 heavy (non-hydrogen) atoms. The van der Waals surface area contributed by atoms with Gasteiger partial charge in [-0.05, 0) is 43.2 Å². The first kappa shape index (κ1) is 22.1. The second-order valence-electron chi connectivity index (χ2n) is 8.66. The molecule has 2 saturated heterocycles. The number of rotatable bonds is 7. The highest BCUT2D eigenvalue weighted by Crippen LogP contribution is 2.17.